The zero-order valence-corrected chi connectivity index (χ0v) is 13.7. The van der Waals surface area contributed by atoms with Crippen LogP contribution in [0.3, 0.4) is 0 Å². The minimum atomic E-state index is -0.566. The molecule has 2 N–H and O–H groups in total. The van der Waals surface area contributed by atoms with Crippen molar-refractivity contribution in [3.8, 4) is 23.3 Å². The minimum Gasteiger partial charge on any atom is -0.506 e. The zero-order valence-electron chi connectivity index (χ0n) is 13.0. The number of nitriles is 1. The van der Waals surface area contributed by atoms with Gasteiger partial charge in [0.1, 0.15) is 30.6 Å². The number of halogens is 1. The van der Waals surface area contributed by atoms with Crippen molar-refractivity contribution in [2.45, 2.75) is 0 Å². The van der Waals surface area contributed by atoms with Gasteiger partial charge in [0, 0.05) is 11.8 Å². The van der Waals surface area contributed by atoms with Gasteiger partial charge < -0.3 is 19.9 Å². The van der Waals surface area contributed by atoms with E-state index in [4.69, 9.17) is 21.1 Å². The molecule has 25 heavy (non-hydrogen) atoms. The Balaban J connectivity index is 1.79. The van der Waals surface area contributed by atoms with E-state index in [-0.39, 0.29) is 16.3 Å². The van der Waals surface area contributed by atoms with E-state index in [0.29, 0.717) is 36.0 Å². The van der Waals surface area contributed by atoms with Gasteiger partial charge in [0.2, 0.25) is 0 Å². The molecule has 0 radical (unpaired) electrons. The van der Waals surface area contributed by atoms with Gasteiger partial charge in [-0.05, 0) is 35.9 Å². The molecule has 0 saturated heterocycles. The monoisotopic (exact) mass is 356 g/mol. The van der Waals surface area contributed by atoms with Crippen molar-refractivity contribution in [3.63, 3.8) is 0 Å². The van der Waals surface area contributed by atoms with E-state index >= 15 is 0 Å². The number of hydrogen-bond donors (Lipinski definition) is 2. The third-order valence-electron chi connectivity index (χ3n) is 3.45. The van der Waals surface area contributed by atoms with E-state index in [1.165, 1.54) is 18.2 Å². The molecule has 7 heteroatoms. The summed E-state index contributed by atoms with van der Waals surface area (Å²) in [5, 5.41) is 21.4. The molecule has 0 aliphatic carbocycles. The lowest BCUT2D eigenvalue weighted by molar-refractivity contribution is -0.112. The van der Waals surface area contributed by atoms with E-state index in [1.807, 2.05) is 6.07 Å². The number of fused-ring (bicyclic) bond motifs is 1. The Kier molecular flexibility index (Phi) is 4.78. The van der Waals surface area contributed by atoms with Gasteiger partial charge in [-0.25, -0.2) is 0 Å². The minimum absolute atomic E-state index is 0.0712. The number of amides is 1. The number of phenolic OH excluding ortho intramolecular Hbond substituents is 1. The number of aromatic hydroxyl groups is 1. The van der Waals surface area contributed by atoms with Crippen LogP contribution in [0, 0.1) is 11.3 Å². The maximum Gasteiger partial charge on any atom is 0.266 e. The first-order chi connectivity index (χ1) is 12.1. The molecule has 126 valence electrons. The van der Waals surface area contributed by atoms with Crippen molar-refractivity contribution in [2.75, 3.05) is 18.5 Å². The SMILES string of the molecule is N#C/C(=C/c1ccc(O)c(Cl)c1)C(=O)Nc1ccc2c(c1)OCCO2. The second-order valence-corrected chi connectivity index (χ2v) is 5.60. The van der Waals surface area contributed by atoms with Crippen LogP contribution >= 0.6 is 11.6 Å². The lowest BCUT2D eigenvalue weighted by atomic mass is 10.1. The molecule has 0 unspecified atom stereocenters. The van der Waals surface area contributed by atoms with Crippen molar-refractivity contribution in [1.29, 1.82) is 5.26 Å². The quantitative estimate of drug-likeness (QED) is 0.650. The molecule has 1 aliphatic rings. The van der Waals surface area contributed by atoms with Gasteiger partial charge >= 0.3 is 0 Å². The molecule has 1 amide bonds. The van der Waals surface area contributed by atoms with Gasteiger partial charge in [-0.3, -0.25) is 4.79 Å². The Labute approximate surface area is 148 Å². The van der Waals surface area contributed by atoms with Gasteiger partial charge in [-0.2, -0.15) is 5.26 Å². The van der Waals surface area contributed by atoms with Crippen molar-refractivity contribution in [2.24, 2.45) is 0 Å². The van der Waals surface area contributed by atoms with Crippen LogP contribution in [0.5, 0.6) is 17.2 Å². The number of nitrogens with zero attached hydrogens (tertiary/aromatic N) is 1. The van der Waals surface area contributed by atoms with E-state index in [2.05, 4.69) is 5.32 Å². The van der Waals surface area contributed by atoms with Crippen LogP contribution in [0.1, 0.15) is 5.56 Å². The Morgan fingerprint density at radius 3 is 2.68 bits per heavy atom. The van der Waals surface area contributed by atoms with E-state index in [1.54, 1.807) is 24.3 Å². The van der Waals surface area contributed by atoms with E-state index in [9.17, 15) is 15.2 Å². The van der Waals surface area contributed by atoms with Gasteiger partial charge in [-0.1, -0.05) is 17.7 Å². The van der Waals surface area contributed by atoms with Crippen LogP contribution in [0.2, 0.25) is 5.02 Å². The Morgan fingerprint density at radius 1 is 1.20 bits per heavy atom. The average molecular weight is 357 g/mol. The average Bonchev–Trinajstić information content (AvgIpc) is 2.62. The number of anilines is 1. The third kappa shape index (κ3) is 3.84. The smallest absolute Gasteiger partial charge is 0.266 e. The summed E-state index contributed by atoms with van der Waals surface area (Å²) >= 11 is 5.83. The molecule has 0 saturated carbocycles. The second kappa shape index (κ2) is 7.16. The van der Waals surface area contributed by atoms with E-state index < -0.39 is 5.91 Å². The maximum atomic E-state index is 12.3. The molecule has 0 fully saturated rings. The fraction of sp³-hybridized carbons (Fsp3) is 0.111. The Morgan fingerprint density at radius 2 is 1.96 bits per heavy atom. The highest BCUT2D eigenvalue weighted by Gasteiger charge is 2.14. The highest BCUT2D eigenvalue weighted by atomic mass is 35.5. The fourth-order valence-electron chi connectivity index (χ4n) is 2.25. The largest absolute Gasteiger partial charge is 0.506 e. The summed E-state index contributed by atoms with van der Waals surface area (Å²) < 4.78 is 10.9. The summed E-state index contributed by atoms with van der Waals surface area (Å²) in [4.78, 5) is 12.3. The maximum absolute atomic E-state index is 12.3. The predicted molar refractivity (Wildman–Crippen MR) is 92.8 cm³/mol. The number of carbonyl (C=O) groups is 1. The number of nitrogens with one attached hydrogen (secondary N) is 1. The van der Waals surface area contributed by atoms with Crippen molar-refractivity contribution < 1.29 is 19.4 Å². The number of ether oxygens (including phenoxy) is 2. The first kappa shape index (κ1) is 16.7. The Hall–Kier alpha value is -3.17. The van der Waals surface area contributed by atoms with Gasteiger partial charge in [0.05, 0.1) is 5.02 Å². The highest BCUT2D eigenvalue weighted by Crippen LogP contribution is 2.32. The summed E-state index contributed by atoms with van der Waals surface area (Å²) in [5.74, 6) is 0.511. The summed E-state index contributed by atoms with van der Waals surface area (Å²) in [6, 6.07) is 11.3. The van der Waals surface area contributed by atoms with Crippen LogP contribution in [0.25, 0.3) is 6.08 Å². The molecule has 0 bridgehead atoms. The summed E-state index contributed by atoms with van der Waals surface area (Å²) in [5.41, 5.74) is 0.910. The summed E-state index contributed by atoms with van der Waals surface area (Å²) in [7, 11) is 0. The van der Waals surface area contributed by atoms with Crippen molar-refractivity contribution in [3.05, 3.63) is 52.6 Å². The second-order valence-electron chi connectivity index (χ2n) is 5.19. The fourth-order valence-corrected chi connectivity index (χ4v) is 2.44. The zero-order chi connectivity index (χ0) is 17.8. The third-order valence-corrected chi connectivity index (χ3v) is 3.75. The number of benzene rings is 2. The molecular weight excluding hydrogens is 344 g/mol. The molecular formula is C18H13ClN2O4. The van der Waals surface area contributed by atoms with Crippen LogP contribution < -0.4 is 14.8 Å². The van der Waals surface area contributed by atoms with Crippen LogP contribution in [0.15, 0.2) is 42.0 Å². The predicted octanol–water partition coefficient (Wildman–Crippen LogP) is 3.36. The van der Waals surface area contributed by atoms with Gasteiger partial charge in [0.25, 0.3) is 5.91 Å². The lowest BCUT2D eigenvalue weighted by Gasteiger charge is -2.18. The van der Waals surface area contributed by atoms with Crippen LogP contribution in [-0.2, 0) is 4.79 Å². The summed E-state index contributed by atoms with van der Waals surface area (Å²) in [6.07, 6.45) is 1.39. The molecule has 2 aromatic carbocycles. The highest BCUT2D eigenvalue weighted by molar-refractivity contribution is 6.32. The normalized spacial score (nSPS) is 13.0. The molecule has 1 aliphatic heterocycles. The van der Waals surface area contributed by atoms with Gasteiger partial charge in [0.15, 0.2) is 11.5 Å². The first-order valence-corrected chi connectivity index (χ1v) is 7.76. The molecule has 2 aromatic rings. The number of hydrogen-bond acceptors (Lipinski definition) is 5. The number of phenols is 1. The molecule has 0 spiro atoms. The summed E-state index contributed by atoms with van der Waals surface area (Å²) in [6.45, 7) is 0.921. The van der Waals surface area contributed by atoms with Crippen molar-refractivity contribution in [1.82, 2.24) is 0 Å². The molecule has 0 atom stereocenters. The topological polar surface area (TPSA) is 91.6 Å². The molecule has 1 heterocycles. The molecule has 3 rings (SSSR count). The first-order valence-electron chi connectivity index (χ1n) is 7.38. The number of carbonyl (C=O) groups excluding carboxylic acids is 1. The Bertz CT molecular complexity index is 902. The molecule has 0 aromatic heterocycles. The molecule has 6 nitrogen and oxygen atoms in total. The standard InChI is InChI=1S/C18H13ClN2O4/c19-14-8-11(1-3-15(14)22)7-12(10-20)18(23)21-13-2-4-16-17(9-13)25-6-5-24-16/h1-4,7-9,22H,5-6H2,(H,21,23)/b12-7-. The van der Waals surface area contributed by atoms with Crippen molar-refractivity contribution >= 4 is 29.3 Å². The van der Waals surface area contributed by atoms with Crippen LogP contribution in [0.4, 0.5) is 5.69 Å². The lowest BCUT2D eigenvalue weighted by Crippen LogP contribution is -2.17. The van der Waals surface area contributed by atoms with Gasteiger partial charge in [-0.15, -0.1) is 0 Å². The number of rotatable bonds is 3. The van der Waals surface area contributed by atoms with Crippen LogP contribution in [-0.4, -0.2) is 24.2 Å². The van der Waals surface area contributed by atoms with E-state index in [0.717, 1.165) is 0 Å².